The molecule has 0 spiro atoms. The van der Waals surface area contributed by atoms with Crippen LogP contribution in [-0.4, -0.2) is 11.9 Å². The molecule has 17 heavy (non-hydrogen) atoms. The second-order valence-corrected chi connectivity index (χ2v) is 5.10. The second-order valence-electron chi connectivity index (χ2n) is 5.10. The molecule has 1 N–H and O–H groups in total. The van der Waals surface area contributed by atoms with Gasteiger partial charge < -0.3 is 5.32 Å². The highest BCUT2D eigenvalue weighted by Crippen LogP contribution is 2.16. The lowest BCUT2D eigenvalue weighted by molar-refractivity contribution is -0.117. The Kier molecular flexibility index (Phi) is 7.78. The lowest BCUT2D eigenvalue weighted by atomic mass is 9.97. The van der Waals surface area contributed by atoms with Crippen molar-refractivity contribution in [2.45, 2.75) is 77.2 Å². The zero-order valence-corrected chi connectivity index (χ0v) is 11.2. The van der Waals surface area contributed by atoms with E-state index in [-0.39, 0.29) is 5.91 Å². The van der Waals surface area contributed by atoms with E-state index >= 15 is 0 Å². The molecule has 0 unspecified atom stereocenters. The Balaban J connectivity index is 2.21. The zero-order chi connectivity index (χ0) is 12.3. The fourth-order valence-corrected chi connectivity index (χ4v) is 2.36. The Morgan fingerprint density at radius 3 is 2.47 bits per heavy atom. The minimum atomic E-state index is 0.103. The van der Waals surface area contributed by atoms with Gasteiger partial charge in [-0.2, -0.15) is 0 Å². The summed E-state index contributed by atoms with van der Waals surface area (Å²) in [6, 6.07) is 0.415. The summed E-state index contributed by atoms with van der Waals surface area (Å²) in [5.74, 6) is 0.103. The highest BCUT2D eigenvalue weighted by molar-refractivity contribution is 5.87. The molecule has 1 aliphatic rings. The van der Waals surface area contributed by atoms with Crippen LogP contribution in [0.5, 0.6) is 0 Å². The Morgan fingerprint density at radius 1 is 1.18 bits per heavy atom. The van der Waals surface area contributed by atoms with Gasteiger partial charge in [0.05, 0.1) is 0 Å². The van der Waals surface area contributed by atoms with Crippen LogP contribution in [0.15, 0.2) is 12.2 Å². The standard InChI is InChI=1S/C15H27NO/c1-2-3-4-10-13-15(17)16-14-11-8-6-5-7-9-12-14/h10,13-14H,2-9,11-12H2,1H3,(H,16,17)/b13-10+. The lowest BCUT2D eigenvalue weighted by Crippen LogP contribution is -2.34. The van der Waals surface area contributed by atoms with Crippen LogP contribution in [-0.2, 0) is 4.79 Å². The van der Waals surface area contributed by atoms with E-state index in [1.165, 1.54) is 44.9 Å². The van der Waals surface area contributed by atoms with Crippen LogP contribution in [0.25, 0.3) is 0 Å². The van der Waals surface area contributed by atoms with Crippen LogP contribution in [0, 0.1) is 0 Å². The average Bonchev–Trinajstić information content (AvgIpc) is 2.28. The maximum atomic E-state index is 11.7. The van der Waals surface area contributed by atoms with Crippen molar-refractivity contribution in [1.29, 1.82) is 0 Å². The number of hydrogen-bond acceptors (Lipinski definition) is 1. The first-order valence-corrected chi connectivity index (χ1v) is 7.30. The third-order valence-electron chi connectivity index (χ3n) is 3.45. The number of amides is 1. The predicted octanol–water partition coefficient (Wildman–Crippen LogP) is 3.96. The monoisotopic (exact) mass is 237 g/mol. The molecular weight excluding hydrogens is 210 g/mol. The molecule has 2 heteroatoms. The zero-order valence-electron chi connectivity index (χ0n) is 11.2. The third-order valence-corrected chi connectivity index (χ3v) is 3.45. The minimum absolute atomic E-state index is 0.103. The Labute approximate surface area is 106 Å². The van der Waals surface area contributed by atoms with Gasteiger partial charge in [-0.25, -0.2) is 0 Å². The number of carbonyl (C=O) groups is 1. The van der Waals surface area contributed by atoms with Gasteiger partial charge in [0, 0.05) is 6.04 Å². The highest BCUT2D eigenvalue weighted by atomic mass is 16.1. The molecule has 0 aromatic heterocycles. The molecule has 0 heterocycles. The first kappa shape index (κ1) is 14.3. The number of hydrogen-bond donors (Lipinski definition) is 1. The molecule has 2 nitrogen and oxygen atoms in total. The van der Waals surface area contributed by atoms with E-state index < -0.39 is 0 Å². The summed E-state index contributed by atoms with van der Waals surface area (Å²) in [6.45, 7) is 2.17. The first-order valence-electron chi connectivity index (χ1n) is 7.30. The molecule has 0 saturated heterocycles. The molecule has 98 valence electrons. The summed E-state index contributed by atoms with van der Waals surface area (Å²) < 4.78 is 0. The van der Waals surface area contributed by atoms with Gasteiger partial charge in [0.2, 0.25) is 5.91 Å². The molecule has 1 rings (SSSR count). The van der Waals surface area contributed by atoms with E-state index in [0.717, 1.165) is 19.3 Å². The molecular formula is C15H27NO. The first-order chi connectivity index (χ1) is 8.33. The topological polar surface area (TPSA) is 29.1 Å². The molecule has 0 aliphatic heterocycles. The number of nitrogens with one attached hydrogen (secondary N) is 1. The summed E-state index contributed by atoms with van der Waals surface area (Å²) in [7, 11) is 0. The fourth-order valence-electron chi connectivity index (χ4n) is 2.36. The van der Waals surface area contributed by atoms with E-state index in [1.54, 1.807) is 6.08 Å². The molecule has 1 amide bonds. The number of unbranched alkanes of at least 4 members (excludes halogenated alkanes) is 2. The third kappa shape index (κ3) is 7.19. The van der Waals surface area contributed by atoms with Crippen molar-refractivity contribution < 1.29 is 4.79 Å². The molecule has 0 atom stereocenters. The normalized spacial score (nSPS) is 18.9. The highest BCUT2D eigenvalue weighted by Gasteiger charge is 2.12. The SMILES string of the molecule is CCCC/C=C/C(=O)NC1CCCCCCC1. The quantitative estimate of drug-likeness (QED) is 0.569. The van der Waals surface area contributed by atoms with Crippen LogP contribution in [0.4, 0.5) is 0 Å². The molecule has 0 aromatic carbocycles. The van der Waals surface area contributed by atoms with Gasteiger partial charge in [-0.3, -0.25) is 4.79 Å². The van der Waals surface area contributed by atoms with Gasteiger partial charge in [0.1, 0.15) is 0 Å². The van der Waals surface area contributed by atoms with Gasteiger partial charge in [-0.1, -0.05) is 57.9 Å². The average molecular weight is 237 g/mol. The molecule has 0 bridgehead atoms. The summed E-state index contributed by atoms with van der Waals surface area (Å²) in [4.78, 5) is 11.7. The smallest absolute Gasteiger partial charge is 0.243 e. The van der Waals surface area contributed by atoms with Gasteiger partial charge in [-0.05, 0) is 25.3 Å². The van der Waals surface area contributed by atoms with Gasteiger partial charge in [-0.15, -0.1) is 0 Å². The maximum Gasteiger partial charge on any atom is 0.243 e. The van der Waals surface area contributed by atoms with E-state index in [9.17, 15) is 4.79 Å². The summed E-state index contributed by atoms with van der Waals surface area (Å²) in [6.07, 6.45) is 16.0. The summed E-state index contributed by atoms with van der Waals surface area (Å²) >= 11 is 0. The van der Waals surface area contributed by atoms with Gasteiger partial charge in [0.25, 0.3) is 0 Å². The van der Waals surface area contributed by atoms with Crippen molar-refractivity contribution in [3.63, 3.8) is 0 Å². The van der Waals surface area contributed by atoms with Crippen molar-refractivity contribution >= 4 is 5.91 Å². The molecule has 0 aromatic rings. The maximum absolute atomic E-state index is 11.7. The van der Waals surface area contributed by atoms with Crippen molar-refractivity contribution in [3.8, 4) is 0 Å². The van der Waals surface area contributed by atoms with Crippen molar-refractivity contribution in [2.75, 3.05) is 0 Å². The van der Waals surface area contributed by atoms with Gasteiger partial charge in [0.15, 0.2) is 0 Å². The van der Waals surface area contributed by atoms with E-state index in [0.29, 0.717) is 6.04 Å². The molecule has 1 saturated carbocycles. The van der Waals surface area contributed by atoms with Crippen LogP contribution in [0.1, 0.15) is 71.1 Å². The Bertz CT molecular complexity index is 227. The Morgan fingerprint density at radius 2 is 1.82 bits per heavy atom. The minimum Gasteiger partial charge on any atom is -0.350 e. The lowest BCUT2D eigenvalue weighted by Gasteiger charge is -2.20. The van der Waals surface area contributed by atoms with Crippen molar-refractivity contribution in [3.05, 3.63) is 12.2 Å². The van der Waals surface area contributed by atoms with E-state index in [4.69, 9.17) is 0 Å². The number of rotatable bonds is 5. The van der Waals surface area contributed by atoms with E-state index in [2.05, 4.69) is 12.2 Å². The van der Waals surface area contributed by atoms with Crippen LogP contribution in [0.3, 0.4) is 0 Å². The summed E-state index contributed by atoms with van der Waals surface area (Å²) in [5, 5.41) is 3.14. The van der Waals surface area contributed by atoms with Crippen molar-refractivity contribution in [1.82, 2.24) is 5.32 Å². The largest absolute Gasteiger partial charge is 0.350 e. The fraction of sp³-hybridized carbons (Fsp3) is 0.800. The second kappa shape index (κ2) is 9.26. The molecule has 0 radical (unpaired) electrons. The number of allylic oxidation sites excluding steroid dienone is 1. The van der Waals surface area contributed by atoms with Crippen LogP contribution >= 0.6 is 0 Å². The molecule has 1 fully saturated rings. The summed E-state index contributed by atoms with van der Waals surface area (Å²) in [5.41, 5.74) is 0. The predicted molar refractivity (Wildman–Crippen MR) is 72.9 cm³/mol. The molecule has 1 aliphatic carbocycles. The van der Waals surface area contributed by atoms with Gasteiger partial charge >= 0.3 is 0 Å². The van der Waals surface area contributed by atoms with Crippen molar-refractivity contribution in [2.24, 2.45) is 0 Å². The van der Waals surface area contributed by atoms with Crippen LogP contribution < -0.4 is 5.32 Å². The Hall–Kier alpha value is -0.790. The number of carbonyl (C=O) groups excluding carboxylic acids is 1. The van der Waals surface area contributed by atoms with Crippen LogP contribution in [0.2, 0.25) is 0 Å². The van der Waals surface area contributed by atoms with E-state index in [1.807, 2.05) is 6.08 Å².